The number of carbonyl (C=O) groups is 1. The summed E-state index contributed by atoms with van der Waals surface area (Å²) in [6.07, 6.45) is 13.3. The van der Waals surface area contributed by atoms with Crippen LogP contribution in [0.2, 0.25) is 0 Å². The third-order valence-electron chi connectivity index (χ3n) is 5.40. The highest BCUT2D eigenvalue weighted by atomic mass is 16.5. The Bertz CT molecular complexity index is 480. The van der Waals surface area contributed by atoms with Gasteiger partial charge >= 0.3 is 0 Å². The lowest BCUT2D eigenvalue weighted by Gasteiger charge is -2.54. The Balaban J connectivity index is 1.45. The highest BCUT2D eigenvalue weighted by Gasteiger charge is 2.57. The van der Waals surface area contributed by atoms with E-state index in [9.17, 15) is 4.79 Å². The van der Waals surface area contributed by atoms with Crippen LogP contribution in [0, 0.1) is 5.41 Å². The largest absolute Gasteiger partial charge is 0.378 e. The normalized spacial score (nSPS) is 26.0. The Morgan fingerprint density at radius 1 is 1.45 bits per heavy atom. The lowest BCUT2D eigenvalue weighted by atomic mass is 9.60. The van der Waals surface area contributed by atoms with E-state index in [0.29, 0.717) is 18.6 Å². The zero-order valence-electron chi connectivity index (χ0n) is 13.5. The Kier molecular flexibility index (Phi) is 4.81. The molecule has 1 aromatic heterocycles. The van der Waals surface area contributed by atoms with Crippen LogP contribution in [0.1, 0.15) is 51.9 Å². The van der Waals surface area contributed by atoms with Gasteiger partial charge in [-0.1, -0.05) is 12.8 Å². The average molecular weight is 305 g/mol. The minimum absolute atomic E-state index is 0.186. The number of rotatable bonds is 7. The number of hydrogen-bond donors (Lipinski definition) is 1. The smallest absolute Gasteiger partial charge is 0.220 e. The van der Waals surface area contributed by atoms with Gasteiger partial charge in [0, 0.05) is 43.4 Å². The van der Waals surface area contributed by atoms with Crippen molar-refractivity contribution in [3.05, 3.63) is 18.7 Å². The van der Waals surface area contributed by atoms with Crippen molar-refractivity contribution in [1.82, 2.24) is 14.9 Å². The van der Waals surface area contributed by atoms with Gasteiger partial charge in [-0.3, -0.25) is 4.79 Å². The topological polar surface area (TPSA) is 56.1 Å². The molecular weight excluding hydrogens is 278 g/mol. The molecule has 0 saturated heterocycles. The van der Waals surface area contributed by atoms with Gasteiger partial charge in [0.15, 0.2) is 0 Å². The van der Waals surface area contributed by atoms with Crippen molar-refractivity contribution in [2.75, 3.05) is 6.61 Å². The molecule has 2 aliphatic carbocycles. The third-order valence-corrected chi connectivity index (χ3v) is 5.40. The minimum Gasteiger partial charge on any atom is -0.378 e. The Morgan fingerprint density at radius 2 is 2.27 bits per heavy atom. The standard InChI is InChI=1S/C17H27N3O2/c1-2-22-15-12-14(17(15)7-3-4-8-17)19-16(21)6-5-10-20-11-9-18-13-20/h9,11,13-15H,2-8,10,12H2,1H3,(H,19,21)/t14-,15-/m0/s1. The number of carbonyl (C=O) groups excluding carboxylic acids is 1. The summed E-state index contributed by atoms with van der Waals surface area (Å²) in [6.45, 7) is 3.69. The number of nitrogens with zero attached hydrogens (tertiary/aromatic N) is 2. The molecule has 0 aromatic carbocycles. The summed E-state index contributed by atoms with van der Waals surface area (Å²) in [5.74, 6) is 0.186. The zero-order valence-corrected chi connectivity index (χ0v) is 13.5. The first-order valence-electron chi connectivity index (χ1n) is 8.61. The van der Waals surface area contributed by atoms with E-state index in [0.717, 1.165) is 26.0 Å². The summed E-state index contributed by atoms with van der Waals surface area (Å²) >= 11 is 0. The first kappa shape index (κ1) is 15.5. The molecule has 0 unspecified atom stereocenters. The summed E-state index contributed by atoms with van der Waals surface area (Å²) in [4.78, 5) is 16.2. The van der Waals surface area contributed by atoms with Gasteiger partial charge in [-0.15, -0.1) is 0 Å². The number of aromatic nitrogens is 2. The van der Waals surface area contributed by atoms with Crippen LogP contribution in [0.5, 0.6) is 0 Å². The van der Waals surface area contributed by atoms with Gasteiger partial charge in [-0.05, 0) is 32.6 Å². The molecule has 2 atom stereocenters. The number of aryl methyl sites for hydroxylation is 1. The molecule has 5 nitrogen and oxygen atoms in total. The molecule has 1 amide bonds. The van der Waals surface area contributed by atoms with Gasteiger partial charge in [0.05, 0.1) is 12.4 Å². The molecule has 1 spiro atoms. The van der Waals surface area contributed by atoms with Crippen LogP contribution >= 0.6 is 0 Å². The lowest BCUT2D eigenvalue weighted by molar-refractivity contribution is -0.144. The first-order chi connectivity index (χ1) is 10.7. The Morgan fingerprint density at radius 3 is 2.95 bits per heavy atom. The molecule has 5 heteroatoms. The quantitative estimate of drug-likeness (QED) is 0.842. The Labute approximate surface area is 132 Å². The summed E-state index contributed by atoms with van der Waals surface area (Å²) in [5.41, 5.74) is 0.232. The second-order valence-electron chi connectivity index (χ2n) is 6.64. The van der Waals surface area contributed by atoms with Gasteiger partial charge in [-0.2, -0.15) is 0 Å². The van der Waals surface area contributed by atoms with Crippen molar-refractivity contribution in [3.8, 4) is 0 Å². The summed E-state index contributed by atoms with van der Waals surface area (Å²) in [6, 6.07) is 0.326. The van der Waals surface area contributed by atoms with E-state index in [1.165, 1.54) is 25.7 Å². The average Bonchev–Trinajstić information content (AvgIpc) is 3.19. The molecule has 1 aromatic rings. The number of imidazole rings is 1. The minimum atomic E-state index is 0.186. The molecule has 1 heterocycles. The Hall–Kier alpha value is -1.36. The second kappa shape index (κ2) is 6.82. The number of amides is 1. The van der Waals surface area contributed by atoms with Crippen LogP contribution in [0.3, 0.4) is 0 Å². The summed E-state index contributed by atoms with van der Waals surface area (Å²) in [7, 11) is 0. The van der Waals surface area contributed by atoms with Crippen molar-refractivity contribution in [2.24, 2.45) is 5.41 Å². The van der Waals surface area contributed by atoms with Crippen LogP contribution < -0.4 is 5.32 Å². The predicted molar refractivity (Wildman–Crippen MR) is 84.3 cm³/mol. The monoisotopic (exact) mass is 305 g/mol. The summed E-state index contributed by atoms with van der Waals surface area (Å²) < 4.78 is 7.91. The van der Waals surface area contributed by atoms with Crippen LogP contribution in [-0.2, 0) is 16.1 Å². The van der Waals surface area contributed by atoms with E-state index < -0.39 is 0 Å². The van der Waals surface area contributed by atoms with Crippen LogP contribution in [-0.4, -0.2) is 34.2 Å². The fraction of sp³-hybridized carbons (Fsp3) is 0.765. The van der Waals surface area contributed by atoms with Gasteiger partial charge in [0.1, 0.15) is 0 Å². The zero-order chi connectivity index (χ0) is 15.4. The third kappa shape index (κ3) is 3.05. The highest BCUT2D eigenvalue weighted by molar-refractivity contribution is 5.76. The van der Waals surface area contributed by atoms with E-state index >= 15 is 0 Å². The van der Waals surface area contributed by atoms with Gasteiger partial charge < -0.3 is 14.6 Å². The predicted octanol–water partition coefficient (Wildman–Crippen LogP) is 2.52. The SMILES string of the molecule is CCO[C@H]1C[C@H](NC(=O)CCCn2ccnc2)C12CCCC2. The van der Waals surface area contributed by atoms with E-state index in [1.807, 2.05) is 10.8 Å². The van der Waals surface area contributed by atoms with E-state index in [4.69, 9.17) is 4.74 Å². The van der Waals surface area contributed by atoms with Crippen molar-refractivity contribution in [1.29, 1.82) is 0 Å². The van der Waals surface area contributed by atoms with Crippen LogP contribution in [0.4, 0.5) is 0 Å². The lowest BCUT2D eigenvalue weighted by Crippen LogP contribution is -2.63. The van der Waals surface area contributed by atoms with Crippen molar-refractivity contribution in [3.63, 3.8) is 0 Å². The van der Waals surface area contributed by atoms with Gasteiger partial charge in [-0.25, -0.2) is 4.98 Å². The number of nitrogens with one attached hydrogen (secondary N) is 1. The molecule has 122 valence electrons. The van der Waals surface area contributed by atoms with Crippen molar-refractivity contribution < 1.29 is 9.53 Å². The maximum absolute atomic E-state index is 12.2. The molecule has 2 aliphatic rings. The fourth-order valence-corrected chi connectivity index (χ4v) is 4.20. The van der Waals surface area contributed by atoms with E-state index in [2.05, 4.69) is 17.2 Å². The second-order valence-corrected chi connectivity index (χ2v) is 6.64. The van der Waals surface area contributed by atoms with Crippen LogP contribution in [0.25, 0.3) is 0 Å². The van der Waals surface area contributed by atoms with E-state index in [1.54, 1.807) is 12.5 Å². The number of hydrogen-bond acceptors (Lipinski definition) is 3. The van der Waals surface area contributed by atoms with Crippen molar-refractivity contribution in [2.45, 2.75) is 70.6 Å². The first-order valence-corrected chi connectivity index (χ1v) is 8.61. The molecule has 0 bridgehead atoms. The fourth-order valence-electron chi connectivity index (χ4n) is 4.20. The molecule has 3 rings (SSSR count). The van der Waals surface area contributed by atoms with E-state index in [-0.39, 0.29) is 11.3 Å². The van der Waals surface area contributed by atoms with Crippen molar-refractivity contribution >= 4 is 5.91 Å². The maximum Gasteiger partial charge on any atom is 0.220 e. The summed E-state index contributed by atoms with van der Waals surface area (Å²) in [5, 5.41) is 3.27. The molecule has 2 saturated carbocycles. The number of ether oxygens (including phenoxy) is 1. The van der Waals surface area contributed by atoms with Gasteiger partial charge in [0.25, 0.3) is 0 Å². The van der Waals surface area contributed by atoms with Gasteiger partial charge in [0.2, 0.25) is 5.91 Å². The molecule has 0 aliphatic heterocycles. The molecular formula is C17H27N3O2. The molecule has 0 radical (unpaired) electrons. The highest BCUT2D eigenvalue weighted by Crippen LogP contribution is 2.54. The molecule has 2 fully saturated rings. The molecule has 22 heavy (non-hydrogen) atoms. The maximum atomic E-state index is 12.2. The molecule has 1 N–H and O–H groups in total. The van der Waals surface area contributed by atoms with Crippen LogP contribution in [0.15, 0.2) is 18.7 Å².